The molecule has 5 amide bonds. The number of carboxylic acids is 1. The molecule has 16 nitrogen and oxygen atoms in total. The fourth-order valence-electron chi connectivity index (χ4n) is 8.90. The van der Waals surface area contributed by atoms with E-state index in [4.69, 9.17) is 9.47 Å². The number of aliphatic carboxylic acids is 1. The van der Waals surface area contributed by atoms with Gasteiger partial charge in [-0.25, -0.2) is 9.59 Å². The van der Waals surface area contributed by atoms with Crippen molar-refractivity contribution in [2.45, 2.75) is 102 Å². The number of amides is 5. The Bertz CT molecular complexity index is 2700. The van der Waals surface area contributed by atoms with Gasteiger partial charge in [0.15, 0.2) is 0 Å². The molecule has 6 rings (SSSR count). The average molecular weight is 996 g/mol. The van der Waals surface area contributed by atoms with Crippen LogP contribution in [0.25, 0.3) is 11.1 Å². The zero-order chi connectivity index (χ0) is 53.0. The fraction of sp³-hybridized carbons (Fsp3) is 0.351. The van der Waals surface area contributed by atoms with Crippen molar-refractivity contribution >= 4 is 41.7 Å². The highest BCUT2D eigenvalue weighted by atomic mass is 16.6. The number of nitrogens with one attached hydrogen (secondary N) is 2. The van der Waals surface area contributed by atoms with E-state index in [2.05, 4.69) is 10.6 Å². The molecule has 0 unspecified atom stereocenters. The number of fused-ring (bicyclic) bond motifs is 3. The number of carboxylic acid groups (broad SMARTS) is 1. The van der Waals surface area contributed by atoms with Gasteiger partial charge in [-0.05, 0) is 85.2 Å². The number of esters is 1. The molecule has 0 aliphatic heterocycles. The van der Waals surface area contributed by atoms with Crippen LogP contribution >= 0.6 is 0 Å². The van der Waals surface area contributed by atoms with Gasteiger partial charge in [0.1, 0.15) is 48.2 Å². The third-order valence-corrected chi connectivity index (χ3v) is 13.0. The van der Waals surface area contributed by atoms with Gasteiger partial charge < -0.3 is 45.0 Å². The quantitative estimate of drug-likeness (QED) is 0.0582. The molecule has 0 spiro atoms. The van der Waals surface area contributed by atoms with Gasteiger partial charge in [-0.1, -0.05) is 121 Å². The van der Waals surface area contributed by atoms with Crippen LogP contribution in [0.1, 0.15) is 74.3 Å². The topological polar surface area (TPSA) is 212 Å². The summed E-state index contributed by atoms with van der Waals surface area (Å²) in [5, 5.41) is 24.9. The fourth-order valence-corrected chi connectivity index (χ4v) is 8.90. The van der Waals surface area contributed by atoms with Gasteiger partial charge in [0.2, 0.25) is 23.6 Å². The lowest BCUT2D eigenvalue weighted by Crippen LogP contribution is -2.60. The van der Waals surface area contributed by atoms with E-state index in [9.17, 15) is 39.0 Å². The first-order chi connectivity index (χ1) is 34.7. The van der Waals surface area contributed by atoms with Gasteiger partial charge in [0.25, 0.3) is 0 Å². The SMILES string of the molecule is C[C@@H](C(=O)N[C@@H](Cc1ccc(O)cc1)C(=O)O)N(C)C(=O)[C@H](Cc1ccccc1)N(C)C(=O)[C@H](Cc1ccccc1)N(C)C(=O)[C@H](CCC(=O)OC(C)(C)C)NC(=O)OCC1c2ccccc2-c2ccccc21. The Morgan fingerprint density at radius 3 is 1.56 bits per heavy atom. The van der Waals surface area contributed by atoms with Crippen molar-refractivity contribution in [2.24, 2.45) is 0 Å². The van der Waals surface area contributed by atoms with Crippen molar-refractivity contribution in [3.05, 3.63) is 161 Å². The number of phenols is 1. The minimum absolute atomic E-state index is 0.00321. The first-order valence-corrected chi connectivity index (χ1v) is 24.2. The summed E-state index contributed by atoms with van der Waals surface area (Å²) in [6.07, 6.45) is -1.51. The van der Waals surface area contributed by atoms with Crippen LogP contribution in [0.5, 0.6) is 5.75 Å². The third-order valence-electron chi connectivity index (χ3n) is 13.0. The van der Waals surface area contributed by atoms with Crippen molar-refractivity contribution < 1.29 is 53.2 Å². The van der Waals surface area contributed by atoms with E-state index in [0.717, 1.165) is 27.2 Å². The molecule has 5 aromatic carbocycles. The number of phenolic OH excluding ortho intramolecular Hbond substituents is 1. The molecule has 0 aromatic heterocycles. The number of nitrogens with zero attached hydrogens (tertiary/aromatic N) is 3. The second-order valence-corrected chi connectivity index (χ2v) is 19.4. The molecule has 1 aliphatic rings. The van der Waals surface area contributed by atoms with E-state index in [1.807, 2.05) is 48.5 Å². The average Bonchev–Trinajstić information content (AvgIpc) is 3.70. The number of alkyl carbamates (subject to hydrolysis) is 1. The van der Waals surface area contributed by atoms with Crippen molar-refractivity contribution in [3.8, 4) is 16.9 Å². The number of ether oxygens (including phenoxy) is 2. The highest BCUT2D eigenvalue weighted by Gasteiger charge is 2.40. The maximum Gasteiger partial charge on any atom is 0.407 e. The van der Waals surface area contributed by atoms with E-state index < -0.39 is 77.5 Å². The highest BCUT2D eigenvalue weighted by Crippen LogP contribution is 2.44. The van der Waals surface area contributed by atoms with Crippen molar-refractivity contribution in [1.82, 2.24) is 25.3 Å². The van der Waals surface area contributed by atoms with Gasteiger partial charge in [0, 0.05) is 52.7 Å². The number of carbonyl (C=O) groups excluding carboxylic acids is 6. The van der Waals surface area contributed by atoms with E-state index in [0.29, 0.717) is 16.7 Å². The largest absolute Gasteiger partial charge is 0.508 e. The summed E-state index contributed by atoms with van der Waals surface area (Å²) in [6.45, 7) is 6.54. The lowest BCUT2D eigenvalue weighted by atomic mass is 9.98. The van der Waals surface area contributed by atoms with Gasteiger partial charge in [-0.3, -0.25) is 24.0 Å². The van der Waals surface area contributed by atoms with Crippen molar-refractivity contribution in [1.29, 1.82) is 0 Å². The van der Waals surface area contributed by atoms with E-state index in [-0.39, 0.29) is 50.4 Å². The van der Waals surface area contributed by atoms with Crippen LogP contribution in [0.4, 0.5) is 4.79 Å². The van der Waals surface area contributed by atoms with Crippen LogP contribution in [0.15, 0.2) is 133 Å². The zero-order valence-electron chi connectivity index (χ0n) is 42.3. The number of benzene rings is 5. The molecular formula is C57H65N5O11. The van der Waals surface area contributed by atoms with Gasteiger partial charge >= 0.3 is 18.0 Å². The molecular weight excluding hydrogens is 931 g/mol. The summed E-state index contributed by atoms with van der Waals surface area (Å²) in [7, 11) is 4.25. The Morgan fingerprint density at radius 1 is 0.589 bits per heavy atom. The Balaban J connectivity index is 1.26. The molecule has 0 saturated carbocycles. The molecule has 0 bridgehead atoms. The summed E-state index contributed by atoms with van der Waals surface area (Å²) in [4.78, 5) is 101. The Morgan fingerprint density at radius 2 is 1.05 bits per heavy atom. The van der Waals surface area contributed by atoms with Gasteiger partial charge in [-0.2, -0.15) is 0 Å². The number of hydrogen-bond acceptors (Lipinski definition) is 10. The number of aromatic hydroxyl groups is 1. The predicted octanol–water partition coefficient (Wildman–Crippen LogP) is 6.52. The predicted molar refractivity (Wildman–Crippen MR) is 274 cm³/mol. The van der Waals surface area contributed by atoms with Crippen LogP contribution in [-0.4, -0.2) is 130 Å². The normalized spacial score (nSPS) is 13.9. The summed E-state index contributed by atoms with van der Waals surface area (Å²) in [5.41, 5.74) is 5.12. The summed E-state index contributed by atoms with van der Waals surface area (Å²) < 4.78 is 11.4. The first kappa shape index (κ1) is 54.3. The molecule has 0 fully saturated rings. The molecule has 1 aliphatic carbocycles. The van der Waals surface area contributed by atoms with Crippen molar-refractivity contribution in [2.75, 3.05) is 27.7 Å². The van der Waals surface area contributed by atoms with Crippen LogP contribution in [-0.2, 0) is 57.5 Å². The van der Waals surface area contributed by atoms with E-state index in [1.165, 1.54) is 50.0 Å². The zero-order valence-corrected chi connectivity index (χ0v) is 42.3. The van der Waals surface area contributed by atoms with E-state index in [1.54, 1.807) is 93.6 Å². The van der Waals surface area contributed by atoms with Crippen LogP contribution in [0, 0.1) is 0 Å². The number of carbonyl (C=O) groups is 7. The maximum atomic E-state index is 15.2. The minimum Gasteiger partial charge on any atom is -0.508 e. The molecule has 4 N–H and O–H groups in total. The number of hydrogen-bond donors (Lipinski definition) is 4. The van der Waals surface area contributed by atoms with Crippen LogP contribution in [0.3, 0.4) is 0 Å². The Labute approximate surface area is 426 Å². The number of rotatable bonds is 21. The lowest BCUT2D eigenvalue weighted by molar-refractivity contribution is -0.155. The second-order valence-electron chi connectivity index (χ2n) is 19.4. The maximum absolute atomic E-state index is 15.2. The Hall–Kier alpha value is -8.01. The monoisotopic (exact) mass is 995 g/mol. The minimum atomic E-state index is -1.37. The summed E-state index contributed by atoms with van der Waals surface area (Å²) in [6, 6.07) is 33.0. The first-order valence-electron chi connectivity index (χ1n) is 24.2. The van der Waals surface area contributed by atoms with Gasteiger partial charge in [0.05, 0.1) is 0 Å². The van der Waals surface area contributed by atoms with Crippen LogP contribution in [0.2, 0.25) is 0 Å². The summed E-state index contributed by atoms with van der Waals surface area (Å²) >= 11 is 0. The van der Waals surface area contributed by atoms with Crippen LogP contribution < -0.4 is 10.6 Å². The molecule has 5 atom stereocenters. The second kappa shape index (κ2) is 24.4. The molecule has 0 heterocycles. The smallest absolute Gasteiger partial charge is 0.407 e. The van der Waals surface area contributed by atoms with E-state index >= 15 is 4.79 Å². The summed E-state index contributed by atoms with van der Waals surface area (Å²) in [5.74, 6) is -4.96. The molecule has 0 saturated heterocycles. The standard InChI is InChI=1S/C57H65N5O11/c1-36(51(65)58-47(55(69)70)32-39-26-28-40(63)29-27-39)60(5)53(67)48(33-37-18-10-8-11-19-37)62(7)54(68)49(34-38-20-12-9-13-21-38)61(6)52(66)46(30-31-50(64)73-57(2,3)4)59-56(71)72-35-45-43-24-16-14-22-41(43)42-23-15-17-25-44(42)45/h8-29,36,45-49,63H,30-35H2,1-7H3,(H,58,65)(H,59,71)(H,69,70)/t36-,46-,47-,48-,49-/m0/s1. The molecule has 0 radical (unpaired) electrons. The third kappa shape index (κ3) is 14.3. The molecule has 5 aromatic rings. The Kier molecular flexibility index (Phi) is 18.2. The van der Waals surface area contributed by atoms with Crippen molar-refractivity contribution in [3.63, 3.8) is 0 Å². The number of likely N-dealkylation sites (N-methyl/N-ethyl adjacent to an activating group) is 3. The van der Waals surface area contributed by atoms with Gasteiger partial charge in [-0.15, -0.1) is 0 Å². The molecule has 73 heavy (non-hydrogen) atoms. The highest BCUT2D eigenvalue weighted by molar-refractivity contribution is 5.96. The lowest BCUT2D eigenvalue weighted by Gasteiger charge is -2.38. The molecule has 384 valence electrons. The molecule has 16 heteroatoms.